The molecule has 2 aromatic carbocycles. The zero-order valence-electron chi connectivity index (χ0n) is 18.1. The third kappa shape index (κ3) is 4.14. The summed E-state index contributed by atoms with van der Waals surface area (Å²) in [5, 5.41) is 7.22. The average molecular weight is 454 g/mol. The van der Waals surface area contributed by atoms with Crippen LogP contribution in [0.2, 0.25) is 0 Å². The second kappa shape index (κ2) is 8.99. The molecule has 5 aromatic rings. The van der Waals surface area contributed by atoms with E-state index in [2.05, 4.69) is 20.4 Å². The number of aryl methyl sites for hydroxylation is 1. The van der Waals surface area contributed by atoms with Gasteiger partial charge in [-0.3, -0.25) is 4.79 Å². The Labute approximate surface area is 194 Å². The number of halogens is 1. The van der Waals surface area contributed by atoms with Crippen molar-refractivity contribution in [2.24, 2.45) is 0 Å². The lowest BCUT2D eigenvalue weighted by Crippen LogP contribution is -2.16. The van der Waals surface area contributed by atoms with Gasteiger partial charge in [-0.1, -0.05) is 12.1 Å². The number of benzene rings is 2. The number of para-hydroxylation sites is 1. The smallest absolute Gasteiger partial charge is 0.321 e. The molecule has 0 saturated carbocycles. The summed E-state index contributed by atoms with van der Waals surface area (Å²) < 4.78 is 23.3. The van der Waals surface area contributed by atoms with Gasteiger partial charge in [0.1, 0.15) is 22.8 Å². The molecule has 3 heterocycles. The fourth-order valence-corrected chi connectivity index (χ4v) is 3.50. The van der Waals surface area contributed by atoms with Crippen LogP contribution in [0.15, 0.2) is 91.6 Å². The first-order valence-electron chi connectivity index (χ1n) is 10.4. The molecular weight excluding hydrogens is 435 g/mol. The third-order valence-electron chi connectivity index (χ3n) is 5.12. The predicted octanol–water partition coefficient (Wildman–Crippen LogP) is 4.95. The Hall–Kier alpha value is -4.79. The average Bonchev–Trinajstić information content (AvgIpc) is 3.52. The van der Waals surface area contributed by atoms with Crippen LogP contribution in [0.4, 0.5) is 10.1 Å². The maximum absolute atomic E-state index is 14.5. The monoisotopic (exact) mass is 454 g/mol. The summed E-state index contributed by atoms with van der Waals surface area (Å²) in [5.74, 6) is 0.141. The number of hydrogen-bond acceptors (Lipinski definition) is 5. The van der Waals surface area contributed by atoms with E-state index in [-0.39, 0.29) is 23.2 Å². The van der Waals surface area contributed by atoms with Crippen molar-refractivity contribution in [2.45, 2.75) is 6.92 Å². The molecule has 0 spiro atoms. The molecule has 0 aliphatic rings. The minimum atomic E-state index is -0.445. The Balaban J connectivity index is 1.45. The summed E-state index contributed by atoms with van der Waals surface area (Å²) in [6.07, 6.45) is 8.15. The number of carbonyl (C=O) groups excluding carboxylic acids is 1. The molecule has 0 bridgehead atoms. The van der Waals surface area contributed by atoms with E-state index >= 15 is 0 Å². The first kappa shape index (κ1) is 21.1. The van der Waals surface area contributed by atoms with Gasteiger partial charge in [0, 0.05) is 30.5 Å². The second-order valence-corrected chi connectivity index (χ2v) is 7.40. The molecule has 0 aliphatic heterocycles. The van der Waals surface area contributed by atoms with E-state index in [0.29, 0.717) is 17.3 Å². The molecule has 1 amide bonds. The van der Waals surface area contributed by atoms with Crippen molar-refractivity contribution in [3.05, 3.63) is 109 Å². The van der Waals surface area contributed by atoms with Gasteiger partial charge in [0.15, 0.2) is 5.82 Å². The van der Waals surface area contributed by atoms with Crippen molar-refractivity contribution in [1.29, 1.82) is 0 Å². The predicted molar refractivity (Wildman–Crippen MR) is 124 cm³/mol. The lowest BCUT2D eigenvalue weighted by molar-refractivity contribution is 0.102. The van der Waals surface area contributed by atoms with Crippen LogP contribution >= 0.6 is 0 Å². The van der Waals surface area contributed by atoms with Gasteiger partial charge in [0.05, 0.1) is 6.20 Å². The molecule has 0 atom stereocenters. The van der Waals surface area contributed by atoms with Gasteiger partial charge in [0.25, 0.3) is 5.91 Å². The van der Waals surface area contributed by atoms with Gasteiger partial charge in [-0.2, -0.15) is 5.10 Å². The molecule has 9 heteroatoms. The quantitative estimate of drug-likeness (QED) is 0.393. The fourth-order valence-electron chi connectivity index (χ4n) is 3.50. The van der Waals surface area contributed by atoms with E-state index in [4.69, 9.17) is 4.74 Å². The van der Waals surface area contributed by atoms with Crippen LogP contribution in [0.1, 0.15) is 15.9 Å². The number of ether oxygens (including phenoxy) is 1. The Morgan fingerprint density at radius 3 is 2.50 bits per heavy atom. The van der Waals surface area contributed by atoms with E-state index in [0.717, 1.165) is 5.56 Å². The van der Waals surface area contributed by atoms with E-state index < -0.39 is 5.82 Å². The summed E-state index contributed by atoms with van der Waals surface area (Å²) in [7, 11) is 0. The maximum Gasteiger partial charge on any atom is 0.321 e. The highest BCUT2D eigenvalue weighted by atomic mass is 19.1. The molecule has 5 rings (SSSR count). The Bertz CT molecular complexity index is 1450. The van der Waals surface area contributed by atoms with Gasteiger partial charge < -0.3 is 14.6 Å². The summed E-state index contributed by atoms with van der Waals surface area (Å²) in [4.78, 5) is 21.3. The summed E-state index contributed by atoms with van der Waals surface area (Å²) in [6.45, 7) is 1.85. The Morgan fingerprint density at radius 2 is 1.76 bits per heavy atom. The number of hydrogen-bond donors (Lipinski definition) is 1. The van der Waals surface area contributed by atoms with E-state index in [9.17, 15) is 9.18 Å². The Kier molecular flexibility index (Phi) is 5.57. The SMILES string of the molecule is Cc1cc(Oc2ncccn2)ccc1NC(=O)c1cnn(-c2ccccc2F)c1-n1cccc1. The van der Waals surface area contributed by atoms with E-state index in [1.807, 2.05) is 19.1 Å². The number of nitrogens with zero attached hydrogens (tertiary/aromatic N) is 5. The van der Waals surface area contributed by atoms with Crippen LogP contribution in [0.5, 0.6) is 11.8 Å². The molecule has 0 unspecified atom stereocenters. The van der Waals surface area contributed by atoms with Gasteiger partial charge in [-0.25, -0.2) is 19.0 Å². The second-order valence-electron chi connectivity index (χ2n) is 7.40. The molecule has 8 nitrogen and oxygen atoms in total. The lowest BCUT2D eigenvalue weighted by atomic mass is 10.1. The maximum atomic E-state index is 14.5. The van der Waals surface area contributed by atoms with Crippen LogP contribution in [0, 0.1) is 12.7 Å². The molecule has 0 radical (unpaired) electrons. The Morgan fingerprint density at radius 1 is 1.00 bits per heavy atom. The summed E-state index contributed by atoms with van der Waals surface area (Å²) >= 11 is 0. The largest absolute Gasteiger partial charge is 0.424 e. The molecular formula is C25H19FN6O2. The van der Waals surface area contributed by atoms with Gasteiger partial charge in [-0.05, 0) is 61.0 Å². The van der Waals surface area contributed by atoms with E-state index in [1.165, 1.54) is 16.9 Å². The molecule has 3 aromatic heterocycles. The molecule has 0 aliphatic carbocycles. The fraction of sp³-hybridized carbons (Fsp3) is 0.0400. The molecule has 0 fully saturated rings. The topological polar surface area (TPSA) is 86.9 Å². The highest BCUT2D eigenvalue weighted by Crippen LogP contribution is 2.26. The van der Waals surface area contributed by atoms with Crippen LogP contribution in [0.25, 0.3) is 11.5 Å². The first-order valence-corrected chi connectivity index (χ1v) is 10.4. The lowest BCUT2D eigenvalue weighted by Gasteiger charge is -2.13. The van der Waals surface area contributed by atoms with Gasteiger partial charge in [0.2, 0.25) is 0 Å². The standard InChI is InChI=1S/C25H19FN6O2/c1-17-15-18(34-25-27-11-6-12-28-25)9-10-21(17)30-23(33)19-16-29-32(22-8-3-2-7-20(22)26)24(19)31-13-4-5-14-31/h2-16H,1H3,(H,30,33). The van der Waals surface area contributed by atoms with Gasteiger partial charge in [-0.15, -0.1) is 0 Å². The number of rotatable bonds is 6. The van der Waals surface area contributed by atoms with Crippen molar-refractivity contribution in [1.82, 2.24) is 24.3 Å². The first-order chi connectivity index (χ1) is 16.6. The molecule has 0 saturated heterocycles. The minimum absolute atomic E-state index is 0.232. The molecule has 1 N–H and O–H groups in total. The minimum Gasteiger partial charge on any atom is -0.424 e. The highest BCUT2D eigenvalue weighted by Gasteiger charge is 2.22. The van der Waals surface area contributed by atoms with Crippen molar-refractivity contribution >= 4 is 11.6 Å². The summed E-state index contributed by atoms with van der Waals surface area (Å²) in [6, 6.07) is 17.1. The zero-order chi connectivity index (χ0) is 23.5. The van der Waals surface area contributed by atoms with Crippen molar-refractivity contribution in [2.75, 3.05) is 5.32 Å². The number of amides is 1. The van der Waals surface area contributed by atoms with Crippen molar-refractivity contribution in [3.8, 4) is 23.3 Å². The normalized spacial score (nSPS) is 10.8. The van der Waals surface area contributed by atoms with Crippen LogP contribution < -0.4 is 10.1 Å². The zero-order valence-corrected chi connectivity index (χ0v) is 18.1. The number of anilines is 1. The number of nitrogens with one attached hydrogen (secondary N) is 1. The van der Waals surface area contributed by atoms with E-state index in [1.54, 1.807) is 71.8 Å². The van der Waals surface area contributed by atoms with Crippen molar-refractivity contribution in [3.63, 3.8) is 0 Å². The highest BCUT2D eigenvalue weighted by molar-refractivity contribution is 6.06. The third-order valence-corrected chi connectivity index (χ3v) is 5.12. The van der Waals surface area contributed by atoms with Gasteiger partial charge >= 0.3 is 6.01 Å². The number of aromatic nitrogens is 5. The van der Waals surface area contributed by atoms with Crippen LogP contribution in [-0.2, 0) is 0 Å². The molecule has 168 valence electrons. The van der Waals surface area contributed by atoms with Crippen molar-refractivity contribution < 1.29 is 13.9 Å². The summed E-state index contributed by atoms with van der Waals surface area (Å²) in [5.41, 5.74) is 1.91. The van der Waals surface area contributed by atoms with Crippen LogP contribution in [0.3, 0.4) is 0 Å². The molecule has 34 heavy (non-hydrogen) atoms. The van der Waals surface area contributed by atoms with Crippen LogP contribution in [-0.4, -0.2) is 30.2 Å². The number of carbonyl (C=O) groups is 1.